The third-order valence-corrected chi connectivity index (χ3v) is 2.89. The van der Waals surface area contributed by atoms with Gasteiger partial charge in [-0.15, -0.1) is 0 Å². The quantitative estimate of drug-likeness (QED) is 0.766. The summed E-state index contributed by atoms with van der Waals surface area (Å²) in [5.41, 5.74) is 0.935. The van der Waals surface area contributed by atoms with E-state index in [9.17, 15) is 5.11 Å². The summed E-state index contributed by atoms with van der Waals surface area (Å²) >= 11 is 0. The van der Waals surface area contributed by atoms with Gasteiger partial charge in [0.1, 0.15) is 5.75 Å². The lowest BCUT2D eigenvalue weighted by Crippen LogP contribution is -2.35. The van der Waals surface area contributed by atoms with Gasteiger partial charge in [-0.3, -0.25) is 0 Å². The van der Waals surface area contributed by atoms with Gasteiger partial charge in [0.05, 0.1) is 6.61 Å². The zero-order valence-corrected chi connectivity index (χ0v) is 10.9. The first-order chi connectivity index (χ1) is 8.19. The third kappa shape index (κ3) is 4.36. The van der Waals surface area contributed by atoms with Crippen molar-refractivity contribution in [2.75, 3.05) is 13.7 Å². The van der Waals surface area contributed by atoms with Gasteiger partial charge in [-0.1, -0.05) is 31.5 Å². The molecule has 0 aliphatic rings. The fourth-order valence-corrected chi connectivity index (χ4v) is 2.06. The van der Waals surface area contributed by atoms with Gasteiger partial charge in [-0.05, 0) is 19.4 Å². The molecule has 3 heteroatoms. The highest BCUT2D eigenvalue weighted by Crippen LogP contribution is 2.23. The van der Waals surface area contributed by atoms with Crippen LogP contribution in [0.2, 0.25) is 0 Å². The maximum Gasteiger partial charge on any atom is 0.120 e. The van der Waals surface area contributed by atoms with Crippen LogP contribution in [0.5, 0.6) is 5.75 Å². The Morgan fingerprint density at radius 1 is 1.35 bits per heavy atom. The fraction of sp³-hybridized carbons (Fsp3) is 0.571. The van der Waals surface area contributed by atoms with Crippen LogP contribution in [0.25, 0.3) is 0 Å². The molecule has 1 aromatic carbocycles. The van der Waals surface area contributed by atoms with Crippen LogP contribution in [0, 0.1) is 0 Å². The predicted molar refractivity (Wildman–Crippen MR) is 70.2 cm³/mol. The van der Waals surface area contributed by atoms with Gasteiger partial charge in [0.2, 0.25) is 0 Å². The Kier molecular flexibility index (Phi) is 6.01. The molecule has 0 fully saturated rings. The molecule has 0 aliphatic heterocycles. The number of nitrogens with one attached hydrogen (secondary N) is 1. The highest BCUT2D eigenvalue weighted by Gasteiger charge is 2.14. The molecule has 0 saturated heterocycles. The SMILES string of the molecule is CCCC(COC)NC(C)c1ccccc1O. The van der Waals surface area contributed by atoms with Gasteiger partial charge < -0.3 is 15.2 Å². The number of phenols is 1. The van der Waals surface area contributed by atoms with Crippen LogP contribution in [-0.2, 0) is 4.74 Å². The highest BCUT2D eigenvalue weighted by atomic mass is 16.5. The molecule has 0 aliphatic carbocycles. The average Bonchev–Trinajstić information content (AvgIpc) is 2.30. The summed E-state index contributed by atoms with van der Waals surface area (Å²) in [4.78, 5) is 0. The number of aromatic hydroxyl groups is 1. The summed E-state index contributed by atoms with van der Waals surface area (Å²) in [5, 5.41) is 13.3. The van der Waals surface area contributed by atoms with Gasteiger partial charge in [-0.2, -0.15) is 0 Å². The number of hydrogen-bond donors (Lipinski definition) is 2. The van der Waals surface area contributed by atoms with Gasteiger partial charge >= 0.3 is 0 Å². The number of benzene rings is 1. The number of ether oxygens (including phenoxy) is 1. The smallest absolute Gasteiger partial charge is 0.120 e. The normalized spacial score (nSPS) is 14.5. The summed E-state index contributed by atoms with van der Waals surface area (Å²) < 4.78 is 5.20. The van der Waals surface area contributed by atoms with E-state index in [0.29, 0.717) is 18.4 Å². The van der Waals surface area contributed by atoms with Crippen LogP contribution < -0.4 is 5.32 Å². The molecule has 2 N–H and O–H groups in total. The third-order valence-electron chi connectivity index (χ3n) is 2.89. The Bertz CT molecular complexity index is 322. The minimum Gasteiger partial charge on any atom is -0.508 e. The number of rotatable bonds is 7. The topological polar surface area (TPSA) is 41.5 Å². The first kappa shape index (κ1) is 14.0. The molecule has 0 bridgehead atoms. The molecule has 3 nitrogen and oxygen atoms in total. The molecule has 0 saturated carbocycles. The molecule has 0 aromatic heterocycles. The van der Waals surface area contributed by atoms with Crippen LogP contribution in [0.15, 0.2) is 24.3 Å². The van der Waals surface area contributed by atoms with Gasteiger partial charge in [-0.25, -0.2) is 0 Å². The van der Waals surface area contributed by atoms with Crippen molar-refractivity contribution < 1.29 is 9.84 Å². The molecule has 1 rings (SSSR count). The standard InChI is InChI=1S/C14H23NO2/c1-4-7-12(10-17-3)15-11(2)13-8-5-6-9-14(13)16/h5-6,8-9,11-12,15-16H,4,7,10H2,1-3H3. The number of phenolic OH excluding ortho intramolecular Hbond substituents is 1. The molecule has 0 radical (unpaired) electrons. The van der Waals surface area contributed by atoms with Crippen LogP contribution in [-0.4, -0.2) is 24.9 Å². The van der Waals surface area contributed by atoms with Crippen molar-refractivity contribution in [1.82, 2.24) is 5.32 Å². The van der Waals surface area contributed by atoms with Gasteiger partial charge in [0.15, 0.2) is 0 Å². The average molecular weight is 237 g/mol. The molecular formula is C14H23NO2. The van der Waals surface area contributed by atoms with E-state index in [4.69, 9.17) is 4.74 Å². The Balaban J connectivity index is 2.63. The molecule has 0 amide bonds. The maximum absolute atomic E-state index is 9.78. The first-order valence-electron chi connectivity index (χ1n) is 6.21. The second-order valence-electron chi connectivity index (χ2n) is 4.39. The van der Waals surface area contributed by atoms with Crippen molar-refractivity contribution in [3.8, 4) is 5.75 Å². The monoisotopic (exact) mass is 237 g/mol. The van der Waals surface area contributed by atoms with E-state index in [1.807, 2.05) is 18.2 Å². The Hall–Kier alpha value is -1.06. The lowest BCUT2D eigenvalue weighted by molar-refractivity contribution is 0.157. The lowest BCUT2D eigenvalue weighted by atomic mass is 10.1. The Morgan fingerprint density at radius 3 is 2.65 bits per heavy atom. The van der Waals surface area contributed by atoms with E-state index in [-0.39, 0.29) is 6.04 Å². The fourth-order valence-electron chi connectivity index (χ4n) is 2.06. The molecule has 2 unspecified atom stereocenters. The lowest BCUT2D eigenvalue weighted by Gasteiger charge is -2.23. The minimum atomic E-state index is 0.128. The van der Waals surface area contributed by atoms with Crippen LogP contribution in [0.4, 0.5) is 0 Å². The second-order valence-corrected chi connectivity index (χ2v) is 4.39. The minimum absolute atomic E-state index is 0.128. The zero-order valence-electron chi connectivity index (χ0n) is 10.9. The zero-order chi connectivity index (χ0) is 12.7. The number of methoxy groups -OCH3 is 1. The van der Waals surface area contributed by atoms with Gasteiger partial charge in [0, 0.05) is 24.8 Å². The molecule has 2 atom stereocenters. The van der Waals surface area contributed by atoms with E-state index >= 15 is 0 Å². The van der Waals surface area contributed by atoms with E-state index in [0.717, 1.165) is 18.4 Å². The van der Waals surface area contributed by atoms with Crippen LogP contribution in [0.3, 0.4) is 0 Å². The van der Waals surface area contributed by atoms with E-state index < -0.39 is 0 Å². The molecular weight excluding hydrogens is 214 g/mol. The van der Waals surface area contributed by atoms with Crippen molar-refractivity contribution in [2.24, 2.45) is 0 Å². The molecule has 1 aromatic rings. The molecule has 96 valence electrons. The van der Waals surface area contributed by atoms with E-state index in [1.165, 1.54) is 0 Å². The van der Waals surface area contributed by atoms with E-state index in [2.05, 4.69) is 19.2 Å². The highest BCUT2D eigenvalue weighted by molar-refractivity contribution is 5.34. The summed E-state index contributed by atoms with van der Waals surface area (Å²) in [7, 11) is 1.72. The van der Waals surface area contributed by atoms with Crippen molar-refractivity contribution in [1.29, 1.82) is 0 Å². The number of para-hydroxylation sites is 1. The summed E-state index contributed by atoms with van der Waals surface area (Å²) in [6, 6.07) is 7.91. The van der Waals surface area contributed by atoms with Crippen molar-refractivity contribution >= 4 is 0 Å². The summed E-state index contributed by atoms with van der Waals surface area (Å²) in [5.74, 6) is 0.347. The Labute approximate surface area is 104 Å². The second kappa shape index (κ2) is 7.30. The van der Waals surface area contributed by atoms with Crippen LogP contribution in [0.1, 0.15) is 38.3 Å². The molecule has 0 heterocycles. The largest absolute Gasteiger partial charge is 0.508 e. The summed E-state index contributed by atoms with van der Waals surface area (Å²) in [6.07, 6.45) is 2.19. The van der Waals surface area contributed by atoms with Crippen LogP contribution >= 0.6 is 0 Å². The van der Waals surface area contributed by atoms with Crippen molar-refractivity contribution in [3.63, 3.8) is 0 Å². The number of hydrogen-bond acceptors (Lipinski definition) is 3. The Morgan fingerprint density at radius 2 is 2.06 bits per heavy atom. The van der Waals surface area contributed by atoms with Crippen molar-refractivity contribution in [2.45, 2.75) is 38.8 Å². The van der Waals surface area contributed by atoms with E-state index in [1.54, 1.807) is 13.2 Å². The van der Waals surface area contributed by atoms with Crippen molar-refractivity contribution in [3.05, 3.63) is 29.8 Å². The molecule has 17 heavy (non-hydrogen) atoms. The first-order valence-corrected chi connectivity index (χ1v) is 6.21. The maximum atomic E-state index is 9.78. The summed E-state index contributed by atoms with van der Waals surface area (Å²) in [6.45, 7) is 4.92. The predicted octanol–water partition coefficient (Wildman–Crippen LogP) is 2.86. The van der Waals surface area contributed by atoms with Gasteiger partial charge in [0.25, 0.3) is 0 Å². The molecule has 0 spiro atoms.